The van der Waals surface area contributed by atoms with Crippen LogP contribution in [0.5, 0.6) is 5.75 Å². The Morgan fingerprint density at radius 3 is 2.86 bits per heavy atom. The Morgan fingerprint density at radius 2 is 2.14 bits per heavy atom. The van der Waals surface area contributed by atoms with Gasteiger partial charge in [-0.05, 0) is 29.6 Å². The number of rotatable bonds is 5. The van der Waals surface area contributed by atoms with E-state index in [1.165, 1.54) is 24.7 Å². The highest BCUT2D eigenvalue weighted by Gasteiger charge is 2.17. The summed E-state index contributed by atoms with van der Waals surface area (Å²) >= 11 is 1.46. The van der Waals surface area contributed by atoms with E-state index in [0.29, 0.717) is 27.8 Å². The van der Waals surface area contributed by atoms with E-state index < -0.39 is 5.97 Å². The molecule has 0 aliphatic heterocycles. The van der Waals surface area contributed by atoms with Gasteiger partial charge in [-0.2, -0.15) is 11.3 Å². The van der Waals surface area contributed by atoms with Crippen molar-refractivity contribution in [2.24, 2.45) is 0 Å². The molecular weight excluding hydrogens is 304 g/mol. The predicted molar refractivity (Wildman–Crippen MR) is 81.5 cm³/mol. The fraction of sp³-hybridized carbons (Fsp3) is 0.125. The van der Waals surface area contributed by atoms with Gasteiger partial charge in [0.2, 0.25) is 0 Å². The summed E-state index contributed by atoms with van der Waals surface area (Å²) in [5.41, 5.74) is 1.68. The number of carbonyl (C=O) groups is 2. The van der Waals surface area contributed by atoms with Crippen molar-refractivity contribution in [1.29, 1.82) is 0 Å². The zero-order chi connectivity index (χ0) is 15.5. The topological polar surface area (TPSA) is 65.7 Å². The van der Waals surface area contributed by atoms with E-state index in [-0.39, 0.29) is 12.4 Å². The number of esters is 1. The zero-order valence-corrected chi connectivity index (χ0v) is 12.5. The van der Waals surface area contributed by atoms with Crippen LogP contribution in [-0.4, -0.2) is 25.5 Å². The predicted octanol–water partition coefficient (Wildman–Crippen LogP) is 3.28. The molecule has 112 valence electrons. The van der Waals surface area contributed by atoms with Gasteiger partial charge in [0.15, 0.2) is 12.4 Å². The summed E-state index contributed by atoms with van der Waals surface area (Å²) in [5, 5.41) is 4.29. The van der Waals surface area contributed by atoms with Gasteiger partial charge in [0, 0.05) is 16.3 Å². The van der Waals surface area contributed by atoms with Gasteiger partial charge in [0.05, 0.1) is 12.7 Å². The lowest BCUT2D eigenvalue weighted by atomic mass is 10.1. The Morgan fingerprint density at radius 1 is 1.27 bits per heavy atom. The summed E-state index contributed by atoms with van der Waals surface area (Å²) in [5.74, 6) is -0.106. The molecule has 3 aromatic rings. The van der Waals surface area contributed by atoms with Crippen molar-refractivity contribution in [3.63, 3.8) is 0 Å². The highest BCUT2D eigenvalue weighted by atomic mass is 32.1. The first-order chi connectivity index (χ1) is 10.7. The van der Waals surface area contributed by atoms with Crippen molar-refractivity contribution in [1.82, 2.24) is 0 Å². The van der Waals surface area contributed by atoms with E-state index in [1.54, 1.807) is 29.6 Å². The summed E-state index contributed by atoms with van der Waals surface area (Å²) < 4.78 is 15.3. The van der Waals surface area contributed by atoms with Crippen LogP contribution in [-0.2, 0) is 9.53 Å². The normalized spacial score (nSPS) is 10.6. The first-order valence-electron chi connectivity index (χ1n) is 6.47. The molecule has 2 aromatic heterocycles. The molecule has 0 aliphatic rings. The molecule has 0 unspecified atom stereocenters. The first kappa shape index (κ1) is 14.3. The number of carbonyl (C=O) groups excluding carboxylic acids is 2. The lowest BCUT2D eigenvalue weighted by Crippen LogP contribution is -2.12. The van der Waals surface area contributed by atoms with Crippen LogP contribution in [0.1, 0.15) is 15.9 Å². The fourth-order valence-electron chi connectivity index (χ4n) is 2.02. The number of methoxy groups -OCH3 is 1. The lowest BCUT2D eigenvalue weighted by Gasteiger charge is -2.04. The van der Waals surface area contributed by atoms with Crippen molar-refractivity contribution in [2.45, 2.75) is 0 Å². The maximum atomic E-state index is 12.4. The summed E-state index contributed by atoms with van der Waals surface area (Å²) in [6.07, 6.45) is 1.44. The van der Waals surface area contributed by atoms with Gasteiger partial charge in [0.25, 0.3) is 0 Å². The molecule has 0 atom stereocenters. The van der Waals surface area contributed by atoms with Crippen LogP contribution >= 0.6 is 11.3 Å². The van der Waals surface area contributed by atoms with Gasteiger partial charge < -0.3 is 13.9 Å². The molecule has 0 amide bonds. The number of hydrogen-bond donors (Lipinski definition) is 0. The lowest BCUT2D eigenvalue weighted by molar-refractivity contribution is -0.142. The number of ether oxygens (including phenoxy) is 2. The molecule has 0 radical (unpaired) electrons. The molecule has 0 spiro atoms. The second-order valence-corrected chi connectivity index (χ2v) is 5.29. The van der Waals surface area contributed by atoms with E-state index in [1.807, 2.05) is 5.38 Å². The Balaban J connectivity index is 1.92. The molecule has 0 bridgehead atoms. The maximum Gasteiger partial charge on any atom is 0.343 e. The van der Waals surface area contributed by atoms with Crippen LogP contribution < -0.4 is 4.74 Å². The molecule has 0 saturated carbocycles. The van der Waals surface area contributed by atoms with Crippen LogP contribution in [0.2, 0.25) is 0 Å². The minimum Gasteiger partial charge on any atom is -0.482 e. The third-order valence-electron chi connectivity index (χ3n) is 3.16. The average molecular weight is 316 g/mol. The zero-order valence-electron chi connectivity index (χ0n) is 11.7. The third-order valence-corrected chi connectivity index (χ3v) is 3.84. The summed E-state index contributed by atoms with van der Waals surface area (Å²) in [6.45, 7) is -0.187. The van der Waals surface area contributed by atoms with Crippen molar-refractivity contribution in [3.05, 3.63) is 52.4 Å². The second kappa shape index (κ2) is 6.03. The molecule has 5 nitrogen and oxygen atoms in total. The van der Waals surface area contributed by atoms with Crippen LogP contribution in [0.25, 0.3) is 11.0 Å². The standard InChI is InChI=1S/C16H12O5S/c1-19-15(17)8-20-11-2-3-14-12(6-11)13(7-21-14)16(18)10-4-5-22-9-10/h2-7,9H,8H2,1H3. The largest absolute Gasteiger partial charge is 0.482 e. The Hall–Kier alpha value is -2.60. The molecular formula is C16H12O5S. The van der Waals surface area contributed by atoms with Gasteiger partial charge in [-0.1, -0.05) is 0 Å². The molecule has 1 aromatic carbocycles. The summed E-state index contributed by atoms with van der Waals surface area (Å²) in [7, 11) is 1.29. The SMILES string of the molecule is COC(=O)COc1ccc2occ(C(=O)c3ccsc3)c2c1. The van der Waals surface area contributed by atoms with Crippen LogP contribution in [0.15, 0.2) is 45.7 Å². The highest BCUT2D eigenvalue weighted by molar-refractivity contribution is 7.08. The van der Waals surface area contributed by atoms with E-state index in [4.69, 9.17) is 9.15 Å². The minimum absolute atomic E-state index is 0.106. The average Bonchev–Trinajstić information content (AvgIpc) is 3.20. The smallest absolute Gasteiger partial charge is 0.343 e. The molecule has 3 rings (SSSR count). The third kappa shape index (κ3) is 2.73. The van der Waals surface area contributed by atoms with E-state index in [2.05, 4.69) is 4.74 Å². The molecule has 22 heavy (non-hydrogen) atoms. The Labute approximate surface area is 130 Å². The number of benzene rings is 1. The molecule has 0 N–H and O–H groups in total. The Kier molecular flexibility index (Phi) is 3.93. The number of thiophene rings is 1. The number of ketones is 1. The molecule has 2 heterocycles. The van der Waals surface area contributed by atoms with Gasteiger partial charge in [-0.25, -0.2) is 4.79 Å². The van der Waals surface area contributed by atoms with Crippen molar-refractivity contribution in [2.75, 3.05) is 13.7 Å². The van der Waals surface area contributed by atoms with Gasteiger partial charge in [-0.15, -0.1) is 0 Å². The first-order valence-corrected chi connectivity index (χ1v) is 7.41. The van der Waals surface area contributed by atoms with Gasteiger partial charge >= 0.3 is 5.97 Å². The fourth-order valence-corrected chi connectivity index (χ4v) is 2.66. The Bertz CT molecular complexity index is 816. The summed E-state index contributed by atoms with van der Waals surface area (Å²) in [6, 6.07) is 6.82. The number of furan rings is 1. The quantitative estimate of drug-likeness (QED) is 0.534. The minimum atomic E-state index is -0.470. The van der Waals surface area contributed by atoms with Crippen LogP contribution in [0.4, 0.5) is 0 Å². The molecule has 6 heteroatoms. The second-order valence-electron chi connectivity index (χ2n) is 4.51. The summed E-state index contributed by atoms with van der Waals surface area (Å²) in [4.78, 5) is 23.5. The van der Waals surface area contributed by atoms with Crippen LogP contribution in [0.3, 0.4) is 0 Å². The van der Waals surface area contributed by atoms with Gasteiger partial charge in [-0.3, -0.25) is 4.79 Å². The monoisotopic (exact) mass is 316 g/mol. The van der Waals surface area contributed by atoms with E-state index in [9.17, 15) is 9.59 Å². The molecule has 0 aliphatic carbocycles. The van der Waals surface area contributed by atoms with Crippen molar-refractivity contribution >= 4 is 34.1 Å². The van der Waals surface area contributed by atoms with Gasteiger partial charge in [0.1, 0.15) is 17.6 Å². The van der Waals surface area contributed by atoms with E-state index >= 15 is 0 Å². The molecule has 0 fully saturated rings. The molecule has 0 saturated heterocycles. The van der Waals surface area contributed by atoms with Crippen molar-refractivity contribution < 1.29 is 23.5 Å². The maximum absolute atomic E-state index is 12.4. The van der Waals surface area contributed by atoms with E-state index in [0.717, 1.165) is 0 Å². The number of fused-ring (bicyclic) bond motifs is 1. The van der Waals surface area contributed by atoms with Crippen LogP contribution in [0, 0.1) is 0 Å². The van der Waals surface area contributed by atoms with Crippen molar-refractivity contribution in [3.8, 4) is 5.75 Å². The highest BCUT2D eigenvalue weighted by Crippen LogP contribution is 2.28. The number of hydrogen-bond acceptors (Lipinski definition) is 6.